The lowest BCUT2D eigenvalue weighted by atomic mass is 9.99. The first-order valence-corrected chi connectivity index (χ1v) is 16.1. The van der Waals surface area contributed by atoms with E-state index in [1.807, 2.05) is 30.3 Å². The molecule has 15 heteroatoms. The molecule has 1 aromatic rings. The summed E-state index contributed by atoms with van der Waals surface area (Å²) in [7, 11) is 0. The van der Waals surface area contributed by atoms with Gasteiger partial charge in [0.25, 0.3) is 5.09 Å². The van der Waals surface area contributed by atoms with E-state index in [2.05, 4.69) is 15.5 Å². The van der Waals surface area contributed by atoms with Crippen LogP contribution in [0.15, 0.2) is 30.3 Å². The number of likely N-dealkylation sites (tertiary alicyclic amines) is 1. The maximum atomic E-state index is 13.4. The first-order chi connectivity index (χ1) is 21.5. The van der Waals surface area contributed by atoms with Crippen LogP contribution in [0.2, 0.25) is 0 Å². The van der Waals surface area contributed by atoms with Gasteiger partial charge >= 0.3 is 11.9 Å². The van der Waals surface area contributed by atoms with Crippen LogP contribution in [0.5, 0.6) is 0 Å². The predicted octanol–water partition coefficient (Wildman–Crippen LogP) is 2.06. The van der Waals surface area contributed by atoms with Gasteiger partial charge in [0.05, 0.1) is 31.8 Å². The van der Waals surface area contributed by atoms with Gasteiger partial charge in [-0.25, -0.2) is 4.79 Å². The maximum absolute atomic E-state index is 13.4. The lowest BCUT2D eigenvalue weighted by molar-refractivity contribution is -0.757. The molecular formula is C30H44N4O10S. The molecule has 0 saturated carbocycles. The number of rotatable bonds is 20. The molecule has 14 nitrogen and oxygen atoms in total. The van der Waals surface area contributed by atoms with Crippen LogP contribution in [-0.4, -0.2) is 95.6 Å². The minimum Gasteiger partial charge on any atom is -0.466 e. The summed E-state index contributed by atoms with van der Waals surface area (Å²) >= 11 is 0.843. The molecule has 1 fully saturated rings. The smallest absolute Gasteiger partial charge is 0.329 e. The Hall–Kier alpha value is -3.72. The van der Waals surface area contributed by atoms with E-state index in [0.29, 0.717) is 45.1 Å². The Bertz CT molecular complexity index is 1140. The largest absolute Gasteiger partial charge is 0.466 e. The van der Waals surface area contributed by atoms with Crippen molar-refractivity contribution in [3.63, 3.8) is 0 Å². The number of carbonyl (C=O) groups is 5. The van der Waals surface area contributed by atoms with Gasteiger partial charge in [-0.1, -0.05) is 42.1 Å². The summed E-state index contributed by atoms with van der Waals surface area (Å²) in [6.45, 7) is 5.41. The molecule has 1 heterocycles. The number of hydrogen-bond acceptors (Lipinski definition) is 12. The highest BCUT2D eigenvalue weighted by Crippen LogP contribution is 2.24. The van der Waals surface area contributed by atoms with Gasteiger partial charge in [0.15, 0.2) is 0 Å². The van der Waals surface area contributed by atoms with E-state index in [4.69, 9.17) is 9.47 Å². The minimum absolute atomic E-state index is 0.0341. The summed E-state index contributed by atoms with van der Waals surface area (Å²) in [5.41, 5.74) is 1.10. The summed E-state index contributed by atoms with van der Waals surface area (Å²) in [5, 5.41) is 14.6. The van der Waals surface area contributed by atoms with Gasteiger partial charge in [-0.2, -0.15) is 0 Å². The van der Waals surface area contributed by atoms with Crippen molar-refractivity contribution >= 4 is 40.6 Å². The SMILES string of the molecule is CCOC(=O)C(CCc1ccccc1)CNC(C)C(=O)N1CCCC1C(=O)SCC(NC(C)=O)C(=O)OCCCCO[N+](=O)[O-]. The number of hydrogen-bond donors (Lipinski definition) is 2. The molecule has 2 amide bonds. The first kappa shape index (κ1) is 37.5. The molecule has 1 aliphatic heterocycles. The number of benzene rings is 1. The average Bonchev–Trinajstić information content (AvgIpc) is 3.50. The topological polar surface area (TPSA) is 183 Å². The molecule has 250 valence electrons. The van der Waals surface area contributed by atoms with Crippen LogP contribution >= 0.6 is 11.8 Å². The summed E-state index contributed by atoms with van der Waals surface area (Å²) in [6, 6.07) is 7.35. The van der Waals surface area contributed by atoms with Gasteiger partial charge in [0, 0.05) is 25.8 Å². The van der Waals surface area contributed by atoms with Crippen LogP contribution < -0.4 is 10.6 Å². The second-order valence-electron chi connectivity index (χ2n) is 10.6. The lowest BCUT2D eigenvalue weighted by Crippen LogP contribution is -2.50. The Labute approximate surface area is 267 Å². The number of aryl methyl sites for hydroxylation is 1. The normalized spacial score (nSPS) is 16.2. The third-order valence-electron chi connectivity index (χ3n) is 7.13. The van der Waals surface area contributed by atoms with Gasteiger partial charge in [0.2, 0.25) is 16.9 Å². The summed E-state index contributed by atoms with van der Waals surface area (Å²) in [5.74, 6) is -2.35. The monoisotopic (exact) mass is 652 g/mol. The number of nitrogens with one attached hydrogen (secondary N) is 2. The molecule has 4 atom stereocenters. The zero-order chi connectivity index (χ0) is 33.2. The number of ether oxygens (including phenoxy) is 2. The van der Waals surface area contributed by atoms with E-state index in [0.717, 1.165) is 17.3 Å². The van der Waals surface area contributed by atoms with Crippen LogP contribution in [0, 0.1) is 16.0 Å². The van der Waals surface area contributed by atoms with E-state index in [-0.39, 0.29) is 49.1 Å². The molecule has 2 N–H and O–H groups in total. The Morgan fingerprint density at radius 1 is 1.09 bits per heavy atom. The molecule has 45 heavy (non-hydrogen) atoms. The van der Waals surface area contributed by atoms with Crippen molar-refractivity contribution < 1.29 is 43.4 Å². The first-order valence-electron chi connectivity index (χ1n) is 15.2. The van der Waals surface area contributed by atoms with Crippen LogP contribution in [0.3, 0.4) is 0 Å². The number of amides is 2. The van der Waals surface area contributed by atoms with Crippen LogP contribution in [0.1, 0.15) is 58.4 Å². The molecule has 1 aromatic carbocycles. The Morgan fingerprint density at radius 2 is 1.80 bits per heavy atom. The van der Waals surface area contributed by atoms with Crippen LogP contribution in [0.4, 0.5) is 0 Å². The maximum Gasteiger partial charge on any atom is 0.329 e. The molecule has 1 saturated heterocycles. The van der Waals surface area contributed by atoms with Crippen molar-refractivity contribution in [1.82, 2.24) is 15.5 Å². The van der Waals surface area contributed by atoms with Crippen molar-refractivity contribution in [1.29, 1.82) is 0 Å². The summed E-state index contributed by atoms with van der Waals surface area (Å²) in [6.07, 6.45) is 2.94. The lowest BCUT2D eigenvalue weighted by Gasteiger charge is -2.28. The zero-order valence-corrected chi connectivity index (χ0v) is 26.9. The fourth-order valence-electron chi connectivity index (χ4n) is 4.77. The van der Waals surface area contributed by atoms with Gasteiger partial charge in [-0.05, 0) is 57.9 Å². The third kappa shape index (κ3) is 13.9. The number of carbonyl (C=O) groups excluding carboxylic acids is 5. The third-order valence-corrected chi connectivity index (χ3v) is 8.18. The highest BCUT2D eigenvalue weighted by Gasteiger charge is 2.37. The van der Waals surface area contributed by atoms with E-state index in [1.165, 1.54) is 11.8 Å². The molecule has 2 rings (SSSR count). The molecule has 0 spiro atoms. The van der Waals surface area contributed by atoms with E-state index >= 15 is 0 Å². The van der Waals surface area contributed by atoms with Gasteiger partial charge in [0.1, 0.15) is 12.1 Å². The van der Waals surface area contributed by atoms with Crippen molar-refractivity contribution in [2.75, 3.05) is 38.7 Å². The molecule has 4 unspecified atom stereocenters. The number of esters is 2. The van der Waals surface area contributed by atoms with Crippen molar-refractivity contribution in [2.45, 2.75) is 77.4 Å². The van der Waals surface area contributed by atoms with E-state index in [9.17, 15) is 34.1 Å². The van der Waals surface area contributed by atoms with Gasteiger partial charge in [-0.15, -0.1) is 10.1 Å². The Kier molecular flexibility index (Phi) is 16.9. The highest BCUT2D eigenvalue weighted by atomic mass is 32.2. The van der Waals surface area contributed by atoms with Crippen molar-refractivity contribution in [3.8, 4) is 0 Å². The zero-order valence-electron chi connectivity index (χ0n) is 26.1. The molecule has 0 aromatic heterocycles. The van der Waals surface area contributed by atoms with Crippen molar-refractivity contribution in [2.24, 2.45) is 5.92 Å². The number of thioether (sulfide) groups is 1. The quantitative estimate of drug-likeness (QED) is 0.0906. The molecule has 0 aliphatic carbocycles. The highest BCUT2D eigenvalue weighted by molar-refractivity contribution is 8.13. The van der Waals surface area contributed by atoms with E-state index < -0.39 is 41.0 Å². The summed E-state index contributed by atoms with van der Waals surface area (Å²) in [4.78, 5) is 79.3. The Morgan fingerprint density at radius 3 is 2.47 bits per heavy atom. The van der Waals surface area contributed by atoms with E-state index in [1.54, 1.807) is 13.8 Å². The molecule has 0 bridgehead atoms. The number of unbranched alkanes of at least 4 members (excludes halogenated alkanes) is 1. The minimum atomic E-state index is -1.09. The second kappa shape index (κ2) is 20.3. The average molecular weight is 653 g/mol. The molecule has 0 radical (unpaired) electrons. The van der Waals surface area contributed by atoms with Crippen LogP contribution in [0.25, 0.3) is 0 Å². The number of nitrogens with zero attached hydrogens (tertiary/aromatic N) is 2. The second-order valence-corrected chi connectivity index (χ2v) is 11.6. The van der Waals surface area contributed by atoms with Crippen molar-refractivity contribution in [3.05, 3.63) is 46.0 Å². The molecular weight excluding hydrogens is 608 g/mol. The molecule has 1 aliphatic rings. The van der Waals surface area contributed by atoms with Gasteiger partial charge < -0.3 is 29.8 Å². The van der Waals surface area contributed by atoms with Crippen LogP contribution in [-0.2, 0) is 44.7 Å². The summed E-state index contributed by atoms with van der Waals surface area (Å²) < 4.78 is 10.4. The van der Waals surface area contributed by atoms with Gasteiger partial charge in [-0.3, -0.25) is 19.2 Å². The Balaban J connectivity index is 1.90. The standard InChI is InChI=1S/C30H44N4O10S/c1-4-42-28(37)24(15-14-23-11-6-5-7-12-23)19-31-21(2)27(36)33-16-10-13-26(33)30(39)45-20-25(32-22(3)35)29(38)43-17-8-9-18-44-34(40)41/h5-7,11-12,21,24-26,31H,4,8-10,13-20H2,1-3H3,(H,32,35). The fraction of sp³-hybridized carbons (Fsp3) is 0.633. The fourth-order valence-corrected chi connectivity index (χ4v) is 5.76. The predicted molar refractivity (Wildman–Crippen MR) is 165 cm³/mol.